The molecule has 2 aromatic rings. The van der Waals surface area contributed by atoms with Crippen LogP contribution >= 0.6 is 25.6 Å². The van der Waals surface area contributed by atoms with E-state index in [1.165, 1.54) is 11.1 Å². The molecule has 0 radical (unpaired) electrons. The molecule has 0 saturated carbocycles. The van der Waals surface area contributed by atoms with E-state index in [0.717, 1.165) is 13.9 Å². The van der Waals surface area contributed by atoms with Crippen molar-refractivity contribution in [3.05, 3.63) is 71.8 Å². The predicted octanol–water partition coefficient (Wildman–Crippen LogP) is 4.05. The Labute approximate surface area is 141 Å². The molecule has 0 bridgehead atoms. The minimum atomic E-state index is -2.62. The van der Waals surface area contributed by atoms with Crippen LogP contribution in [0.1, 0.15) is 11.1 Å². The van der Waals surface area contributed by atoms with Gasteiger partial charge >= 0.3 is 141 Å². The Kier molecular flexibility index (Phi) is 6.78. The van der Waals surface area contributed by atoms with Crippen molar-refractivity contribution in [2.45, 2.75) is 10.0 Å². The van der Waals surface area contributed by atoms with Gasteiger partial charge in [0.15, 0.2) is 0 Å². The minimum absolute atomic E-state index is 0.132. The van der Waals surface area contributed by atoms with Crippen LogP contribution in [0.4, 0.5) is 4.79 Å². The van der Waals surface area contributed by atoms with Crippen molar-refractivity contribution in [3.8, 4) is 0 Å². The van der Waals surface area contributed by atoms with E-state index >= 15 is 0 Å². The molecule has 0 saturated heterocycles. The molecule has 3 nitrogen and oxygen atoms in total. The summed E-state index contributed by atoms with van der Waals surface area (Å²) < 4.78 is 0.759. The zero-order chi connectivity index (χ0) is 15.1. The summed E-state index contributed by atoms with van der Waals surface area (Å²) >= 11 is 5.13. The third-order valence-electron chi connectivity index (χ3n) is 3.46. The fraction of sp³-hybridized carbons (Fsp3) is 0.133. The number of nitrogens with zero attached hydrogens (tertiary/aromatic N) is 1. The van der Waals surface area contributed by atoms with Crippen molar-refractivity contribution in [1.29, 1.82) is 0 Å². The Balaban J connectivity index is 2.12. The molecule has 0 N–H and O–H groups in total. The van der Waals surface area contributed by atoms with Gasteiger partial charge in [-0.15, -0.1) is 0 Å². The number of thiol groups is 2. The van der Waals surface area contributed by atoms with Crippen LogP contribution in [0.5, 0.6) is 0 Å². The molecule has 107 valence electrons. The van der Waals surface area contributed by atoms with E-state index in [2.05, 4.69) is 49.9 Å². The molecule has 2 rings (SSSR count). The van der Waals surface area contributed by atoms with Crippen molar-refractivity contribution >= 4 is 30.2 Å². The molecule has 0 spiro atoms. The van der Waals surface area contributed by atoms with E-state index in [1.54, 1.807) is 0 Å². The molecule has 0 atom stereocenters. The number of rotatable bonds is 6. The molecular weight excluding hydrogens is 356 g/mol. The Morgan fingerprint density at radius 2 is 1.33 bits per heavy atom. The molecule has 21 heavy (non-hydrogen) atoms. The SMILES string of the molecule is O=[C](ON(S)S)[Zn]([CH2]c1ccccc1)[CH2]c1ccccc1. The molecule has 0 aromatic heterocycles. The van der Waals surface area contributed by atoms with E-state index in [1.807, 2.05) is 36.4 Å². The van der Waals surface area contributed by atoms with Gasteiger partial charge < -0.3 is 0 Å². The number of benzene rings is 2. The van der Waals surface area contributed by atoms with Gasteiger partial charge in [0.1, 0.15) is 0 Å². The van der Waals surface area contributed by atoms with Crippen molar-refractivity contribution in [3.63, 3.8) is 0 Å². The number of carbonyl (C=O) groups is 1. The molecular formula is C15H16NO2S2Zn. The number of hydrogen-bond acceptors (Lipinski definition) is 5. The topological polar surface area (TPSA) is 29.5 Å². The maximum absolute atomic E-state index is 12.3. The van der Waals surface area contributed by atoms with Crippen molar-refractivity contribution in [2.75, 3.05) is 0 Å². The zero-order valence-electron chi connectivity index (χ0n) is 11.6. The van der Waals surface area contributed by atoms with Gasteiger partial charge in [-0.25, -0.2) is 0 Å². The van der Waals surface area contributed by atoms with Crippen LogP contribution in [0.3, 0.4) is 0 Å². The van der Waals surface area contributed by atoms with Crippen molar-refractivity contribution in [1.82, 2.24) is 3.87 Å². The van der Waals surface area contributed by atoms with Gasteiger partial charge in [0, 0.05) is 0 Å². The quantitative estimate of drug-likeness (QED) is 0.456. The summed E-state index contributed by atoms with van der Waals surface area (Å²) in [5.41, 5.74) is 2.38. The van der Waals surface area contributed by atoms with Crippen molar-refractivity contribution < 1.29 is 25.6 Å². The van der Waals surface area contributed by atoms with Gasteiger partial charge in [0.25, 0.3) is 0 Å². The standard InChI is InChI=1S/2C7H7.CH2NO2S2.Zn/c2*1-7-5-3-2-4-6-7;3-1-4-2(5)6;/h2*2-6H,1H2;5-6H;. The Morgan fingerprint density at radius 3 is 1.71 bits per heavy atom. The van der Waals surface area contributed by atoms with E-state index in [0.29, 0.717) is 0 Å². The molecule has 0 aliphatic carbocycles. The Hall–Kier alpha value is -0.807. The van der Waals surface area contributed by atoms with Gasteiger partial charge in [-0.1, -0.05) is 0 Å². The molecule has 0 aliphatic heterocycles. The predicted molar refractivity (Wildman–Crippen MR) is 86.6 cm³/mol. The van der Waals surface area contributed by atoms with E-state index in [4.69, 9.17) is 4.84 Å². The molecule has 0 heterocycles. The van der Waals surface area contributed by atoms with Crippen LogP contribution in [0, 0.1) is 0 Å². The summed E-state index contributed by atoms with van der Waals surface area (Å²) in [6.45, 7) is 0. The first-order valence-electron chi connectivity index (χ1n) is 6.87. The third-order valence-corrected chi connectivity index (χ3v) is 10.6. The van der Waals surface area contributed by atoms with E-state index < -0.39 is 16.0 Å². The van der Waals surface area contributed by atoms with Crippen LogP contribution in [-0.4, -0.2) is 8.44 Å². The van der Waals surface area contributed by atoms with Gasteiger partial charge in [-0.3, -0.25) is 0 Å². The van der Waals surface area contributed by atoms with Gasteiger partial charge in [-0.05, 0) is 0 Å². The normalized spacial score (nSPS) is 10.4. The first-order chi connectivity index (χ1) is 10.1. The summed E-state index contributed by atoms with van der Waals surface area (Å²) in [4.78, 5) is 17.4. The van der Waals surface area contributed by atoms with Gasteiger partial charge in [0.05, 0.1) is 0 Å². The van der Waals surface area contributed by atoms with Crippen LogP contribution in [-0.2, 0) is 30.8 Å². The molecule has 2 aromatic carbocycles. The van der Waals surface area contributed by atoms with Gasteiger partial charge in [-0.2, -0.15) is 0 Å². The Morgan fingerprint density at radius 1 is 0.905 bits per heavy atom. The van der Waals surface area contributed by atoms with Crippen LogP contribution < -0.4 is 0 Å². The molecule has 0 amide bonds. The second kappa shape index (κ2) is 8.59. The fourth-order valence-electron chi connectivity index (χ4n) is 2.46. The summed E-state index contributed by atoms with van der Waals surface area (Å²) in [6.07, 6.45) is 0. The first-order valence-corrected chi connectivity index (χ1v) is 13.4. The molecule has 6 heteroatoms. The molecule has 0 fully saturated rings. The monoisotopic (exact) mass is 370 g/mol. The summed E-state index contributed by atoms with van der Waals surface area (Å²) in [5, 5.41) is 1.65. The van der Waals surface area contributed by atoms with E-state index in [-0.39, 0.29) is 4.56 Å². The molecule has 0 unspecified atom stereocenters. The van der Waals surface area contributed by atoms with E-state index in [9.17, 15) is 4.79 Å². The van der Waals surface area contributed by atoms with Crippen LogP contribution in [0.25, 0.3) is 0 Å². The van der Waals surface area contributed by atoms with Crippen molar-refractivity contribution in [2.24, 2.45) is 0 Å². The fourth-order valence-corrected chi connectivity index (χ4v) is 9.30. The summed E-state index contributed by atoms with van der Waals surface area (Å²) in [5.74, 6) is 0. The maximum atomic E-state index is 12.3. The Bertz CT molecular complexity index is 525. The average Bonchev–Trinajstić information content (AvgIpc) is 2.48. The summed E-state index contributed by atoms with van der Waals surface area (Å²) in [6, 6.07) is 20.2. The first kappa shape index (κ1) is 16.6. The third kappa shape index (κ3) is 5.83. The van der Waals surface area contributed by atoms with Gasteiger partial charge in [0.2, 0.25) is 0 Å². The summed E-state index contributed by atoms with van der Waals surface area (Å²) in [7, 11) is 0. The molecule has 0 aliphatic rings. The zero-order valence-corrected chi connectivity index (χ0v) is 16.3. The second-order valence-corrected chi connectivity index (χ2v) is 13.0. The second-order valence-electron chi connectivity index (χ2n) is 5.04. The number of hydrogen-bond donors (Lipinski definition) is 2. The van der Waals surface area contributed by atoms with Crippen LogP contribution in [0.2, 0.25) is 0 Å². The average molecular weight is 372 g/mol. The number of carbonyl (C=O) groups excluding carboxylic acids is 1. The van der Waals surface area contributed by atoms with Crippen LogP contribution in [0.15, 0.2) is 60.7 Å².